The second kappa shape index (κ2) is 7.06. The van der Waals surface area contributed by atoms with E-state index in [2.05, 4.69) is 76.3 Å². The maximum absolute atomic E-state index is 9.16. The zero-order valence-corrected chi connectivity index (χ0v) is 18.1. The summed E-state index contributed by atoms with van der Waals surface area (Å²) in [5, 5.41) is 13.7. The molecule has 0 aliphatic carbocycles. The second-order valence-corrected chi connectivity index (χ2v) is 8.38. The summed E-state index contributed by atoms with van der Waals surface area (Å²) in [6, 6.07) is 35.2. The maximum atomic E-state index is 9.16. The van der Waals surface area contributed by atoms with Gasteiger partial charge in [0, 0.05) is 38.9 Å². The summed E-state index contributed by atoms with van der Waals surface area (Å²) in [6.07, 6.45) is 1.77. The van der Waals surface area contributed by atoms with E-state index in [0.717, 1.165) is 55.2 Å². The number of para-hydroxylation sites is 3. The van der Waals surface area contributed by atoms with Gasteiger partial charge in [0.1, 0.15) is 22.9 Å². The van der Waals surface area contributed by atoms with Gasteiger partial charge in [-0.05, 0) is 42.5 Å². The molecule has 0 unspecified atom stereocenters. The van der Waals surface area contributed by atoms with Crippen molar-refractivity contribution < 1.29 is 4.42 Å². The number of nitrogens with zero attached hydrogens (tertiary/aromatic N) is 3. The Balaban J connectivity index is 1.60. The van der Waals surface area contributed by atoms with Gasteiger partial charge in [-0.1, -0.05) is 54.6 Å². The Hall–Kier alpha value is -4.88. The molecule has 0 N–H and O–H groups in total. The lowest BCUT2D eigenvalue weighted by atomic mass is 10.0. The molecule has 158 valence electrons. The topological polar surface area (TPSA) is 54.8 Å². The van der Waals surface area contributed by atoms with Crippen LogP contribution in [0.3, 0.4) is 0 Å². The summed E-state index contributed by atoms with van der Waals surface area (Å²) in [6.45, 7) is 0. The summed E-state index contributed by atoms with van der Waals surface area (Å²) in [4.78, 5) is 4.31. The van der Waals surface area contributed by atoms with Gasteiger partial charge in [0.25, 0.3) is 0 Å². The van der Waals surface area contributed by atoms with Gasteiger partial charge in [-0.25, -0.2) is 4.98 Å². The van der Waals surface area contributed by atoms with Crippen molar-refractivity contribution in [3.05, 3.63) is 109 Å². The lowest BCUT2D eigenvalue weighted by molar-refractivity contribution is 0.669. The quantitative estimate of drug-likeness (QED) is 0.281. The fourth-order valence-electron chi connectivity index (χ4n) is 4.98. The van der Waals surface area contributed by atoms with E-state index in [1.165, 1.54) is 5.39 Å². The van der Waals surface area contributed by atoms with Crippen LogP contribution in [0.1, 0.15) is 5.69 Å². The van der Waals surface area contributed by atoms with Crippen LogP contribution in [-0.4, -0.2) is 9.55 Å². The van der Waals surface area contributed by atoms with Gasteiger partial charge >= 0.3 is 0 Å². The lowest BCUT2D eigenvalue weighted by Gasteiger charge is -2.14. The zero-order valence-electron chi connectivity index (χ0n) is 18.1. The Morgan fingerprint density at radius 3 is 2.32 bits per heavy atom. The van der Waals surface area contributed by atoms with Gasteiger partial charge in [-0.15, -0.1) is 0 Å². The SMILES string of the molecule is N#Cc1ccc(-c2ccccc2-n2c3ccccc3c3cc4oc5ccccc5c4cc32)cn1. The number of hydrogen-bond acceptors (Lipinski definition) is 3. The first kappa shape index (κ1) is 18.7. The number of furan rings is 1. The fourth-order valence-corrected chi connectivity index (χ4v) is 4.98. The molecule has 3 heterocycles. The predicted molar refractivity (Wildman–Crippen MR) is 136 cm³/mol. The fraction of sp³-hybridized carbons (Fsp3) is 0. The molecular formula is C30H17N3O. The van der Waals surface area contributed by atoms with Gasteiger partial charge in [0.2, 0.25) is 0 Å². The highest BCUT2D eigenvalue weighted by Gasteiger charge is 2.18. The molecule has 34 heavy (non-hydrogen) atoms. The van der Waals surface area contributed by atoms with E-state index < -0.39 is 0 Å². The van der Waals surface area contributed by atoms with Gasteiger partial charge in [-0.3, -0.25) is 0 Å². The van der Waals surface area contributed by atoms with E-state index in [9.17, 15) is 0 Å². The molecule has 0 radical (unpaired) electrons. The monoisotopic (exact) mass is 435 g/mol. The highest BCUT2D eigenvalue weighted by atomic mass is 16.3. The van der Waals surface area contributed by atoms with E-state index in [1.807, 2.05) is 30.3 Å². The highest BCUT2D eigenvalue weighted by molar-refractivity contribution is 6.17. The van der Waals surface area contributed by atoms with Gasteiger partial charge < -0.3 is 8.98 Å². The molecular weight excluding hydrogens is 418 g/mol. The second-order valence-electron chi connectivity index (χ2n) is 8.38. The molecule has 4 aromatic carbocycles. The normalized spacial score (nSPS) is 11.5. The molecule has 0 bridgehead atoms. The Kier molecular flexibility index (Phi) is 3.88. The Bertz CT molecular complexity index is 1920. The largest absolute Gasteiger partial charge is 0.456 e. The first-order chi connectivity index (χ1) is 16.8. The van der Waals surface area contributed by atoms with Crippen LogP contribution in [0.25, 0.3) is 60.6 Å². The number of rotatable bonds is 2. The van der Waals surface area contributed by atoms with Crippen LogP contribution in [0, 0.1) is 11.3 Å². The first-order valence-corrected chi connectivity index (χ1v) is 11.1. The molecule has 0 fully saturated rings. The summed E-state index contributed by atoms with van der Waals surface area (Å²) in [5.41, 5.74) is 7.53. The van der Waals surface area contributed by atoms with Crippen molar-refractivity contribution in [2.75, 3.05) is 0 Å². The van der Waals surface area contributed by atoms with Crippen LogP contribution in [0.15, 0.2) is 108 Å². The zero-order chi connectivity index (χ0) is 22.6. The van der Waals surface area contributed by atoms with Crippen molar-refractivity contribution in [2.24, 2.45) is 0 Å². The number of benzene rings is 4. The Morgan fingerprint density at radius 1 is 0.676 bits per heavy atom. The average Bonchev–Trinajstić information content (AvgIpc) is 3.42. The molecule has 3 aromatic heterocycles. The van der Waals surface area contributed by atoms with E-state index in [0.29, 0.717) is 5.69 Å². The van der Waals surface area contributed by atoms with Crippen LogP contribution in [-0.2, 0) is 0 Å². The molecule has 0 saturated heterocycles. The molecule has 0 amide bonds. The van der Waals surface area contributed by atoms with Crippen LogP contribution in [0.5, 0.6) is 0 Å². The predicted octanol–water partition coefficient (Wildman–Crippen LogP) is 7.62. The van der Waals surface area contributed by atoms with Crippen molar-refractivity contribution in [1.82, 2.24) is 9.55 Å². The molecule has 0 atom stereocenters. The van der Waals surface area contributed by atoms with E-state index in [4.69, 9.17) is 9.68 Å². The summed E-state index contributed by atoms with van der Waals surface area (Å²) in [7, 11) is 0. The van der Waals surface area contributed by atoms with Crippen LogP contribution in [0.2, 0.25) is 0 Å². The number of fused-ring (bicyclic) bond motifs is 6. The van der Waals surface area contributed by atoms with E-state index in [1.54, 1.807) is 12.3 Å². The minimum absolute atomic E-state index is 0.410. The van der Waals surface area contributed by atoms with E-state index >= 15 is 0 Å². The van der Waals surface area contributed by atoms with Crippen molar-refractivity contribution in [3.63, 3.8) is 0 Å². The molecule has 0 aliphatic heterocycles. The van der Waals surface area contributed by atoms with Gasteiger partial charge in [-0.2, -0.15) is 5.26 Å². The van der Waals surface area contributed by atoms with Crippen LogP contribution >= 0.6 is 0 Å². The number of pyridine rings is 1. The number of aromatic nitrogens is 2. The third kappa shape index (κ3) is 2.61. The maximum Gasteiger partial charge on any atom is 0.140 e. The van der Waals surface area contributed by atoms with Crippen molar-refractivity contribution in [3.8, 4) is 22.9 Å². The summed E-state index contributed by atoms with van der Waals surface area (Å²) >= 11 is 0. The molecule has 0 aliphatic rings. The highest BCUT2D eigenvalue weighted by Crippen LogP contribution is 2.39. The summed E-state index contributed by atoms with van der Waals surface area (Å²) in [5.74, 6) is 0. The molecule has 7 aromatic rings. The third-order valence-electron chi connectivity index (χ3n) is 6.51. The van der Waals surface area contributed by atoms with Crippen molar-refractivity contribution >= 4 is 43.7 Å². The Morgan fingerprint density at radius 2 is 1.47 bits per heavy atom. The lowest BCUT2D eigenvalue weighted by Crippen LogP contribution is -1.97. The molecule has 7 rings (SSSR count). The number of hydrogen-bond donors (Lipinski definition) is 0. The van der Waals surface area contributed by atoms with Crippen molar-refractivity contribution in [2.45, 2.75) is 0 Å². The standard InChI is InChI=1S/C30H17N3O/c31-17-20-14-13-19(18-32-20)21-7-1-4-10-26(21)33-27-11-5-2-8-22(27)24-16-30-25(15-28(24)33)23-9-3-6-12-29(23)34-30/h1-16,18H. The number of nitriles is 1. The molecule has 4 heteroatoms. The average molecular weight is 435 g/mol. The van der Waals surface area contributed by atoms with Gasteiger partial charge in [0.05, 0.1) is 16.7 Å². The van der Waals surface area contributed by atoms with Crippen LogP contribution < -0.4 is 0 Å². The smallest absolute Gasteiger partial charge is 0.140 e. The van der Waals surface area contributed by atoms with E-state index in [-0.39, 0.29) is 0 Å². The van der Waals surface area contributed by atoms with Crippen LogP contribution in [0.4, 0.5) is 0 Å². The van der Waals surface area contributed by atoms with Crippen molar-refractivity contribution in [1.29, 1.82) is 5.26 Å². The molecule has 4 nitrogen and oxygen atoms in total. The third-order valence-corrected chi connectivity index (χ3v) is 6.51. The molecule has 0 spiro atoms. The summed E-state index contributed by atoms with van der Waals surface area (Å²) < 4.78 is 8.51. The minimum atomic E-state index is 0.410. The first-order valence-electron chi connectivity index (χ1n) is 11.1. The minimum Gasteiger partial charge on any atom is -0.456 e. The van der Waals surface area contributed by atoms with Gasteiger partial charge in [0.15, 0.2) is 0 Å². The Labute approximate surface area is 194 Å². The molecule has 0 saturated carbocycles.